The van der Waals surface area contributed by atoms with Crippen LogP contribution >= 0.6 is 27.5 Å². The SMILES string of the molecule is OCc1c(-c2cccc3ccccc23)noc1-c1cc(Br)ccc1Cl. The van der Waals surface area contributed by atoms with E-state index in [0.717, 1.165) is 20.8 Å². The lowest BCUT2D eigenvalue weighted by Crippen LogP contribution is -1.90. The van der Waals surface area contributed by atoms with Crippen LogP contribution in [0.15, 0.2) is 69.7 Å². The number of halogens is 2. The molecule has 0 saturated carbocycles. The van der Waals surface area contributed by atoms with Gasteiger partial charge in [0, 0.05) is 15.6 Å². The Morgan fingerprint density at radius 2 is 1.80 bits per heavy atom. The fraction of sp³-hybridized carbons (Fsp3) is 0.0500. The third-order valence-electron chi connectivity index (χ3n) is 4.16. The van der Waals surface area contributed by atoms with Gasteiger partial charge in [0.1, 0.15) is 5.69 Å². The van der Waals surface area contributed by atoms with Crippen molar-refractivity contribution >= 4 is 38.3 Å². The quantitative estimate of drug-likeness (QED) is 0.442. The Bertz CT molecular complexity index is 1070. The Hall–Kier alpha value is -2.14. The van der Waals surface area contributed by atoms with E-state index < -0.39 is 0 Å². The minimum Gasteiger partial charge on any atom is -0.391 e. The third kappa shape index (κ3) is 2.86. The number of rotatable bonds is 3. The van der Waals surface area contributed by atoms with Crippen molar-refractivity contribution in [1.82, 2.24) is 5.16 Å². The first-order valence-electron chi connectivity index (χ1n) is 7.72. The second-order valence-corrected chi connectivity index (χ2v) is 6.97. The van der Waals surface area contributed by atoms with Gasteiger partial charge in [0.05, 0.1) is 17.2 Å². The molecule has 0 spiro atoms. The average Bonchev–Trinajstić information content (AvgIpc) is 3.06. The molecule has 5 heteroatoms. The Morgan fingerprint density at radius 1 is 1.00 bits per heavy atom. The van der Waals surface area contributed by atoms with Crippen molar-refractivity contribution < 1.29 is 9.63 Å². The number of benzene rings is 3. The van der Waals surface area contributed by atoms with Crippen LogP contribution in [0.25, 0.3) is 33.4 Å². The van der Waals surface area contributed by atoms with E-state index in [1.165, 1.54) is 0 Å². The first-order chi connectivity index (χ1) is 12.2. The van der Waals surface area contributed by atoms with E-state index in [4.69, 9.17) is 16.1 Å². The molecule has 25 heavy (non-hydrogen) atoms. The van der Waals surface area contributed by atoms with E-state index in [1.807, 2.05) is 54.6 Å². The Morgan fingerprint density at radius 3 is 2.64 bits per heavy atom. The molecule has 0 radical (unpaired) electrons. The van der Waals surface area contributed by atoms with Crippen LogP contribution < -0.4 is 0 Å². The molecule has 1 N–H and O–H groups in total. The minimum atomic E-state index is -0.194. The van der Waals surface area contributed by atoms with Gasteiger partial charge in [-0.05, 0) is 29.0 Å². The van der Waals surface area contributed by atoms with Crippen LogP contribution in [0.5, 0.6) is 0 Å². The van der Waals surface area contributed by atoms with Crippen LogP contribution in [-0.4, -0.2) is 10.3 Å². The molecule has 0 aliphatic carbocycles. The molecular formula is C20H13BrClNO2. The topological polar surface area (TPSA) is 46.3 Å². The van der Waals surface area contributed by atoms with Gasteiger partial charge >= 0.3 is 0 Å². The molecule has 4 aromatic rings. The van der Waals surface area contributed by atoms with E-state index in [1.54, 1.807) is 6.07 Å². The zero-order chi connectivity index (χ0) is 17.4. The fourth-order valence-electron chi connectivity index (χ4n) is 2.98. The lowest BCUT2D eigenvalue weighted by molar-refractivity contribution is 0.281. The van der Waals surface area contributed by atoms with Gasteiger partial charge in [0.25, 0.3) is 0 Å². The van der Waals surface area contributed by atoms with Crippen molar-refractivity contribution in [1.29, 1.82) is 0 Å². The molecule has 0 amide bonds. The standard InChI is InChI=1S/C20H13BrClNO2/c21-13-8-9-18(22)16(10-13)20-17(11-24)19(23-25-20)15-7-3-5-12-4-1-2-6-14(12)15/h1-10,24H,11H2. The molecule has 0 aliphatic heterocycles. The number of hydrogen-bond donors (Lipinski definition) is 1. The second-order valence-electron chi connectivity index (χ2n) is 5.65. The normalized spacial score (nSPS) is 11.2. The van der Waals surface area contributed by atoms with Crippen LogP contribution in [-0.2, 0) is 6.61 Å². The van der Waals surface area contributed by atoms with Gasteiger partial charge in [-0.1, -0.05) is 75.2 Å². The van der Waals surface area contributed by atoms with Gasteiger partial charge in [0.2, 0.25) is 0 Å². The Balaban J connectivity index is 1.96. The summed E-state index contributed by atoms with van der Waals surface area (Å²) in [5.41, 5.74) is 2.86. The minimum absolute atomic E-state index is 0.194. The molecule has 1 heterocycles. The number of aliphatic hydroxyl groups is 1. The first kappa shape index (κ1) is 16.3. The average molecular weight is 415 g/mol. The number of nitrogens with zero attached hydrogens (tertiary/aromatic N) is 1. The van der Waals surface area contributed by atoms with Gasteiger partial charge in [-0.3, -0.25) is 0 Å². The summed E-state index contributed by atoms with van der Waals surface area (Å²) in [4.78, 5) is 0. The highest BCUT2D eigenvalue weighted by atomic mass is 79.9. The molecule has 1 aromatic heterocycles. The summed E-state index contributed by atoms with van der Waals surface area (Å²) in [6, 6.07) is 19.5. The summed E-state index contributed by atoms with van der Waals surface area (Å²) in [7, 11) is 0. The zero-order valence-corrected chi connectivity index (χ0v) is 15.4. The molecule has 3 nitrogen and oxygen atoms in total. The largest absolute Gasteiger partial charge is 0.391 e. The molecule has 0 fully saturated rings. The molecule has 124 valence electrons. The molecule has 4 rings (SSSR count). The number of fused-ring (bicyclic) bond motifs is 1. The summed E-state index contributed by atoms with van der Waals surface area (Å²) in [5, 5.41) is 16.9. The van der Waals surface area contributed by atoms with Crippen LogP contribution in [0.1, 0.15) is 5.56 Å². The van der Waals surface area contributed by atoms with E-state index in [9.17, 15) is 5.11 Å². The van der Waals surface area contributed by atoms with E-state index in [-0.39, 0.29) is 6.61 Å². The van der Waals surface area contributed by atoms with Crippen molar-refractivity contribution in [2.45, 2.75) is 6.61 Å². The van der Waals surface area contributed by atoms with Crippen LogP contribution in [0.3, 0.4) is 0 Å². The lowest BCUT2D eigenvalue weighted by atomic mass is 9.98. The molecule has 0 unspecified atom stereocenters. The number of aliphatic hydroxyl groups excluding tert-OH is 1. The van der Waals surface area contributed by atoms with Gasteiger partial charge in [-0.25, -0.2) is 0 Å². The number of hydrogen-bond acceptors (Lipinski definition) is 3. The van der Waals surface area contributed by atoms with Crippen molar-refractivity contribution in [3.63, 3.8) is 0 Å². The maximum absolute atomic E-state index is 9.99. The van der Waals surface area contributed by atoms with Crippen molar-refractivity contribution in [2.24, 2.45) is 0 Å². The van der Waals surface area contributed by atoms with E-state index >= 15 is 0 Å². The van der Waals surface area contributed by atoms with Crippen LogP contribution in [0.4, 0.5) is 0 Å². The Kier molecular flexibility index (Phi) is 4.34. The summed E-state index contributed by atoms with van der Waals surface area (Å²) in [5.74, 6) is 0.483. The van der Waals surface area contributed by atoms with E-state index in [2.05, 4.69) is 21.1 Å². The van der Waals surface area contributed by atoms with Gasteiger partial charge < -0.3 is 9.63 Å². The summed E-state index contributed by atoms with van der Waals surface area (Å²) < 4.78 is 6.47. The smallest absolute Gasteiger partial charge is 0.174 e. The zero-order valence-electron chi connectivity index (χ0n) is 13.0. The molecule has 3 aromatic carbocycles. The van der Waals surface area contributed by atoms with Crippen molar-refractivity contribution in [3.05, 3.63) is 75.7 Å². The number of aromatic nitrogens is 1. The monoisotopic (exact) mass is 413 g/mol. The first-order valence-corrected chi connectivity index (χ1v) is 8.89. The van der Waals surface area contributed by atoms with E-state index in [0.29, 0.717) is 27.6 Å². The predicted octanol–water partition coefficient (Wildman–Crippen LogP) is 6.07. The predicted molar refractivity (Wildman–Crippen MR) is 104 cm³/mol. The van der Waals surface area contributed by atoms with Crippen LogP contribution in [0, 0.1) is 0 Å². The second kappa shape index (κ2) is 6.64. The summed E-state index contributed by atoms with van der Waals surface area (Å²) >= 11 is 9.76. The molecule has 0 aliphatic rings. The van der Waals surface area contributed by atoms with Gasteiger partial charge in [-0.15, -0.1) is 0 Å². The summed E-state index contributed by atoms with van der Waals surface area (Å²) in [6.45, 7) is -0.194. The van der Waals surface area contributed by atoms with Crippen molar-refractivity contribution in [3.8, 4) is 22.6 Å². The molecular weight excluding hydrogens is 402 g/mol. The summed E-state index contributed by atoms with van der Waals surface area (Å²) in [6.07, 6.45) is 0. The molecule has 0 bridgehead atoms. The maximum Gasteiger partial charge on any atom is 0.174 e. The highest BCUT2D eigenvalue weighted by molar-refractivity contribution is 9.10. The van der Waals surface area contributed by atoms with Gasteiger partial charge in [0.15, 0.2) is 5.76 Å². The molecule has 0 saturated heterocycles. The molecule has 0 atom stereocenters. The van der Waals surface area contributed by atoms with Gasteiger partial charge in [-0.2, -0.15) is 0 Å². The third-order valence-corrected chi connectivity index (χ3v) is 4.99. The highest BCUT2D eigenvalue weighted by Crippen LogP contribution is 2.39. The highest BCUT2D eigenvalue weighted by Gasteiger charge is 2.21. The Labute approximate surface area is 158 Å². The van der Waals surface area contributed by atoms with Crippen molar-refractivity contribution in [2.75, 3.05) is 0 Å². The lowest BCUT2D eigenvalue weighted by Gasteiger charge is -2.06. The van der Waals surface area contributed by atoms with Crippen LogP contribution in [0.2, 0.25) is 5.02 Å². The fourth-order valence-corrected chi connectivity index (χ4v) is 3.55. The maximum atomic E-state index is 9.99.